The molecule has 0 aliphatic rings. The highest BCUT2D eigenvalue weighted by Crippen LogP contribution is 2.30. The van der Waals surface area contributed by atoms with Crippen molar-refractivity contribution in [3.05, 3.63) is 17.5 Å². The molecule has 0 aliphatic heterocycles. The molecular formula is C8H13ClF3N3O. The molecule has 0 unspecified atom stereocenters. The standard InChI is InChI=1S/C8H12F3N3O.ClH/c1-14-5-6(4-12-2-3-15)7(13-14)8(9,10)11;/h5,12,15H,2-4H2,1H3;1H. The molecule has 1 heterocycles. The first kappa shape index (κ1) is 15.2. The van der Waals surface area contributed by atoms with Crippen molar-refractivity contribution in [2.24, 2.45) is 7.05 Å². The normalized spacial score (nSPS) is 11.3. The molecule has 0 saturated heterocycles. The smallest absolute Gasteiger partial charge is 0.395 e. The van der Waals surface area contributed by atoms with E-state index in [-0.39, 0.29) is 37.7 Å². The van der Waals surface area contributed by atoms with Gasteiger partial charge in [0.1, 0.15) is 0 Å². The summed E-state index contributed by atoms with van der Waals surface area (Å²) in [6.45, 7) is 0.192. The van der Waals surface area contributed by atoms with Crippen LogP contribution in [0, 0.1) is 0 Å². The van der Waals surface area contributed by atoms with Gasteiger partial charge in [-0.3, -0.25) is 4.68 Å². The lowest BCUT2D eigenvalue weighted by atomic mass is 10.2. The van der Waals surface area contributed by atoms with Crippen molar-refractivity contribution in [1.82, 2.24) is 15.1 Å². The predicted octanol–water partition coefficient (Wildman–Crippen LogP) is 0.943. The van der Waals surface area contributed by atoms with Crippen LogP contribution in [0.4, 0.5) is 13.2 Å². The molecule has 0 bridgehead atoms. The van der Waals surface area contributed by atoms with Crippen LogP contribution in [0.1, 0.15) is 11.3 Å². The highest BCUT2D eigenvalue weighted by molar-refractivity contribution is 5.85. The van der Waals surface area contributed by atoms with E-state index in [0.29, 0.717) is 0 Å². The van der Waals surface area contributed by atoms with Gasteiger partial charge in [0, 0.05) is 31.9 Å². The van der Waals surface area contributed by atoms with Gasteiger partial charge in [-0.15, -0.1) is 12.4 Å². The van der Waals surface area contributed by atoms with Crippen molar-refractivity contribution in [2.75, 3.05) is 13.2 Å². The van der Waals surface area contributed by atoms with E-state index in [1.54, 1.807) is 0 Å². The van der Waals surface area contributed by atoms with Gasteiger partial charge in [-0.05, 0) is 0 Å². The lowest BCUT2D eigenvalue weighted by Crippen LogP contribution is -2.19. The second kappa shape index (κ2) is 6.07. The van der Waals surface area contributed by atoms with E-state index < -0.39 is 11.9 Å². The van der Waals surface area contributed by atoms with Crippen LogP contribution in [0.15, 0.2) is 6.20 Å². The maximum Gasteiger partial charge on any atom is 0.435 e. The summed E-state index contributed by atoms with van der Waals surface area (Å²) in [5.74, 6) is 0. The number of aliphatic hydroxyl groups excluding tert-OH is 1. The summed E-state index contributed by atoms with van der Waals surface area (Å²) >= 11 is 0. The van der Waals surface area contributed by atoms with Crippen LogP contribution in [0.2, 0.25) is 0 Å². The number of hydrogen-bond acceptors (Lipinski definition) is 3. The average Bonchev–Trinajstić information content (AvgIpc) is 2.47. The Labute approximate surface area is 96.9 Å². The summed E-state index contributed by atoms with van der Waals surface area (Å²) in [5, 5.41) is 14.5. The van der Waals surface area contributed by atoms with Gasteiger partial charge in [0.25, 0.3) is 0 Å². The van der Waals surface area contributed by atoms with E-state index in [2.05, 4.69) is 10.4 Å². The number of alkyl halides is 3. The highest BCUT2D eigenvalue weighted by atomic mass is 35.5. The van der Waals surface area contributed by atoms with Crippen LogP contribution >= 0.6 is 12.4 Å². The first-order chi connectivity index (χ1) is 6.95. The van der Waals surface area contributed by atoms with Gasteiger partial charge in [-0.1, -0.05) is 0 Å². The van der Waals surface area contributed by atoms with Gasteiger partial charge in [0.2, 0.25) is 0 Å². The second-order valence-electron chi connectivity index (χ2n) is 3.07. The van der Waals surface area contributed by atoms with Gasteiger partial charge in [0.15, 0.2) is 5.69 Å². The summed E-state index contributed by atoms with van der Waals surface area (Å²) in [6, 6.07) is 0. The minimum atomic E-state index is -4.43. The van der Waals surface area contributed by atoms with E-state index in [0.717, 1.165) is 4.68 Å². The third-order valence-electron chi connectivity index (χ3n) is 1.78. The SMILES string of the molecule is Cl.Cn1cc(CNCCO)c(C(F)(F)F)n1. The Morgan fingerprint density at radius 2 is 2.12 bits per heavy atom. The number of aryl methyl sites for hydroxylation is 1. The molecule has 0 aliphatic carbocycles. The summed E-state index contributed by atoms with van der Waals surface area (Å²) in [7, 11) is 1.44. The minimum absolute atomic E-state index is 0. The topological polar surface area (TPSA) is 50.1 Å². The quantitative estimate of drug-likeness (QED) is 0.792. The molecule has 0 atom stereocenters. The summed E-state index contributed by atoms with van der Waals surface area (Å²) in [4.78, 5) is 0. The molecule has 16 heavy (non-hydrogen) atoms. The predicted molar refractivity (Wildman–Crippen MR) is 54.3 cm³/mol. The molecule has 0 fully saturated rings. The van der Waals surface area contributed by atoms with Gasteiger partial charge >= 0.3 is 6.18 Å². The van der Waals surface area contributed by atoms with Crippen LogP contribution in [0.5, 0.6) is 0 Å². The molecule has 0 spiro atoms. The Kier molecular flexibility index (Phi) is 5.77. The Hall–Kier alpha value is -0.790. The summed E-state index contributed by atoms with van der Waals surface area (Å²) in [5.41, 5.74) is -0.797. The largest absolute Gasteiger partial charge is 0.435 e. The fourth-order valence-corrected chi connectivity index (χ4v) is 1.21. The Morgan fingerprint density at radius 1 is 1.50 bits per heavy atom. The van der Waals surface area contributed by atoms with E-state index in [1.807, 2.05) is 0 Å². The highest BCUT2D eigenvalue weighted by Gasteiger charge is 2.36. The molecule has 1 rings (SSSR count). The van der Waals surface area contributed by atoms with Gasteiger partial charge in [-0.2, -0.15) is 18.3 Å². The molecule has 94 valence electrons. The molecule has 2 N–H and O–H groups in total. The van der Waals surface area contributed by atoms with Crippen molar-refractivity contribution in [1.29, 1.82) is 0 Å². The lowest BCUT2D eigenvalue weighted by molar-refractivity contribution is -0.142. The fraction of sp³-hybridized carbons (Fsp3) is 0.625. The zero-order valence-corrected chi connectivity index (χ0v) is 9.40. The van der Waals surface area contributed by atoms with Gasteiger partial charge in [-0.25, -0.2) is 0 Å². The Balaban J connectivity index is 0.00000225. The number of hydrogen-bond donors (Lipinski definition) is 2. The number of rotatable bonds is 4. The molecular weight excluding hydrogens is 247 g/mol. The van der Waals surface area contributed by atoms with Crippen molar-refractivity contribution in [2.45, 2.75) is 12.7 Å². The number of nitrogens with one attached hydrogen (secondary N) is 1. The van der Waals surface area contributed by atoms with Crippen molar-refractivity contribution >= 4 is 12.4 Å². The maximum absolute atomic E-state index is 12.4. The summed E-state index contributed by atoms with van der Waals surface area (Å²) < 4.78 is 38.4. The molecule has 1 aromatic rings. The first-order valence-electron chi connectivity index (χ1n) is 4.36. The lowest BCUT2D eigenvalue weighted by Gasteiger charge is -2.06. The molecule has 8 heteroatoms. The molecule has 0 radical (unpaired) electrons. The van der Waals surface area contributed by atoms with E-state index in [1.165, 1.54) is 13.2 Å². The van der Waals surface area contributed by atoms with E-state index in [9.17, 15) is 13.2 Å². The average molecular weight is 260 g/mol. The zero-order valence-electron chi connectivity index (χ0n) is 8.58. The number of halogens is 4. The number of aromatic nitrogens is 2. The van der Waals surface area contributed by atoms with Crippen molar-refractivity contribution < 1.29 is 18.3 Å². The van der Waals surface area contributed by atoms with E-state index >= 15 is 0 Å². The van der Waals surface area contributed by atoms with Crippen molar-refractivity contribution in [3.8, 4) is 0 Å². The monoisotopic (exact) mass is 259 g/mol. The maximum atomic E-state index is 12.4. The van der Waals surface area contributed by atoms with E-state index in [4.69, 9.17) is 5.11 Å². The number of nitrogens with zero attached hydrogens (tertiary/aromatic N) is 2. The van der Waals surface area contributed by atoms with Gasteiger partial charge in [0.05, 0.1) is 6.61 Å². The van der Waals surface area contributed by atoms with Gasteiger partial charge < -0.3 is 10.4 Å². The molecule has 0 aromatic carbocycles. The van der Waals surface area contributed by atoms with Crippen LogP contribution in [-0.2, 0) is 19.8 Å². The molecule has 1 aromatic heterocycles. The minimum Gasteiger partial charge on any atom is -0.395 e. The molecule has 4 nitrogen and oxygen atoms in total. The van der Waals surface area contributed by atoms with Crippen LogP contribution in [0.3, 0.4) is 0 Å². The Morgan fingerprint density at radius 3 is 2.62 bits per heavy atom. The number of aliphatic hydroxyl groups is 1. The molecule has 0 amide bonds. The molecule has 0 saturated carbocycles. The van der Waals surface area contributed by atoms with Crippen LogP contribution < -0.4 is 5.32 Å². The van der Waals surface area contributed by atoms with Crippen LogP contribution in [0.25, 0.3) is 0 Å². The summed E-state index contributed by atoms with van der Waals surface area (Å²) in [6.07, 6.45) is -3.12. The fourth-order valence-electron chi connectivity index (χ4n) is 1.21. The second-order valence-corrected chi connectivity index (χ2v) is 3.07. The van der Waals surface area contributed by atoms with Crippen molar-refractivity contribution in [3.63, 3.8) is 0 Å². The third kappa shape index (κ3) is 3.99. The Bertz CT molecular complexity index is 327. The van der Waals surface area contributed by atoms with Crippen LogP contribution in [-0.4, -0.2) is 28.0 Å². The third-order valence-corrected chi connectivity index (χ3v) is 1.78. The zero-order chi connectivity index (χ0) is 11.5. The first-order valence-corrected chi connectivity index (χ1v) is 4.36.